The van der Waals surface area contributed by atoms with Crippen molar-refractivity contribution in [2.75, 3.05) is 40.3 Å². The molecule has 2 N–H and O–H groups in total. The van der Waals surface area contributed by atoms with Crippen molar-refractivity contribution in [1.29, 1.82) is 0 Å². The summed E-state index contributed by atoms with van der Waals surface area (Å²) in [5.74, 6) is -0.358. The van der Waals surface area contributed by atoms with Gasteiger partial charge in [0.05, 0.1) is 0 Å². The number of nitrogens with one attached hydrogen (secondary N) is 2. The fourth-order valence-electron chi connectivity index (χ4n) is 3.29. The zero-order valence-electron chi connectivity index (χ0n) is 17.1. The van der Waals surface area contributed by atoms with E-state index in [9.17, 15) is 8.78 Å². The molecule has 0 aromatic heterocycles. The monoisotopic (exact) mass is 401 g/mol. The highest BCUT2D eigenvalue weighted by Gasteiger charge is 2.13. The van der Waals surface area contributed by atoms with Crippen LogP contribution >= 0.6 is 0 Å². The van der Waals surface area contributed by atoms with E-state index in [4.69, 9.17) is 0 Å². The van der Waals surface area contributed by atoms with Crippen LogP contribution in [-0.4, -0.2) is 56.0 Å². The second kappa shape index (κ2) is 10.3. The summed E-state index contributed by atoms with van der Waals surface area (Å²) in [6.07, 6.45) is 0. The van der Waals surface area contributed by atoms with Crippen molar-refractivity contribution < 1.29 is 8.78 Å². The van der Waals surface area contributed by atoms with E-state index >= 15 is 0 Å². The molecule has 29 heavy (non-hydrogen) atoms. The molecule has 3 rings (SSSR count). The van der Waals surface area contributed by atoms with Gasteiger partial charge in [0.1, 0.15) is 11.6 Å². The third-order valence-electron chi connectivity index (χ3n) is 5.16. The summed E-state index contributed by atoms with van der Waals surface area (Å²) < 4.78 is 27.0. The molecule has 0 amide bonds. The number of likely N-dealkylation sites (N-methyl/N-ethyl adjacent to an activating group) is 1. The number of nitrogens with zero attached hydrogens (tertiary/aromatic N) is 3. The Morgan fingerprint density at radius 2 is 1.59 bits per heavy atom. The first-order chi connectivity index (χ1) is 14.0. The van der Waals surface area contributed by atoms with E-state index in [0.29, 0.717) is 12.5 Å². The first-order valence-electron chi connectivity index (χ1n) is 9.90. The Labute approximate surface area is 171 Å². The Morgan fingerprint density at radius 1 is 0.931 bits per heavy atom. The summed E-state index contributed by atoms with van der Waals surface area (Å²) in [6, 6.07) is 12.0. The number of benzene rings is 2. The van der Waals surface area contributed by atoms with Gasteiger partial charge < -0.3 is 15.5 Å². The van der Waals surface area contributed by atoms with Gasteiger partial charge in [0.2, 0.25) is 0 Å². The van der Waals surface area contributed by atoms with E-state index in [1.54, 1.807) is 7.05 Å². The molecule has 0 radical (unpaired) electrons. The molecule has 0 saturated carbocycles. The third-order valence-corrected chi connectivity index (χ3v) is 5.16. The minimum atomic E-state index is -0.456. The van der Waals surface area contributed by atoms with Crippen molar-refractivity contribution in [1.82, 2.24) is 20.4 Å². The van der Waals surface area contributed by atoms with E-state index in [1.807, 2.05) is 0 Å². The summed E-state index contributed by atoms with van der Waals surface area (Å²) in [6.45, 7) is 6.18. The average molecular weight is 402 g/mol. The van der Waals surface area contributed by atoms with Crippen LogP contribution in [0.3, 0.4) is 0 Å². The summed E-state index contributed by atoms with van der Waals surface area (Å²) in [5, 5.41) is 6.22. The van der Waals surface area contributed by atoms with E-state index < -0.39 is 11.6 Å². The van der Waals surface area contributed by atoms with Crippen molar-refractivity contribution in [3.8, 4) is 0 Å². The van der Waals surface area contributed by atoms with Gasteiger partial charge in [-0.25, -0.2) is 8.78 Å². The van der Waals surface area contributed by atoms with E-state index in [2.05, 4.69) is 56.7 Å². The minimum Gasteiger partial charge on any atom is -0.352 e. The van der Waals surface area contributed by atoms with Gasteiger partial charge in [-0.3, -0.25) is 9.89 Å². The fourth-order valence-corrected chi connectivity index (χ4v) is 3.29. The first-order valence-corrected chi connectivity index (χ1v) is 9.90. The zero-order chi connectivity index (χ0) is 20.6. The zero-order valence-corrected chi connectivity index (χ0v) is 17.1. The second-order valence-electron chi connectivity index (χ2n) is 7.41. The molecule has 1 fully saturated rings. The highest BCUT2D eigenvalue weighted by molar-refractivity contribution is 5.79. The van der Waals surface area contributed by atoms with Crippen LogP contribution in [0.5, 0.6) is 0 Å². The highest BCUT2D eigenvalue weighted by Crippen LogP contribution is 2.11. The molecule has 5 nitrogen and oxygen atoms in total. The average Bonchev–Trinajstić information content (AvgIpc) is 2.73. The van der Waals surface area contributed by atoms with E-state index in [-0.39, 0.29) is 12.1 Å². The lowest BCUT2D eigenvalue weighted by molar-refractivity contribution is 0.148. The molecule has 1 aliphatic heterocycles. The Balaban J connectivity index is 1.46. The Bertz CT molecular complexity index is 814. The molecule has 1 heterocycles. The highest BCUT2D eigenvalue weighted by atomic mass is 19.1. The van der Waals surface area contributed by atoms with Crippen LogP contribution in [0.25, 0.3) is 0 Å². The van der Waals surface area contributed by atoms with Gasteiger partial charge in [-0.05, 0) is 36.4 Å². The molecule has 0 aliphatic carbocycles. The number of piperazine rings is 1. The lowest BCUT2D eigenvalue weighted by Crippen LogP contribution is -2.43. The maximum atomic E-state index is 13.7. The molecule has 2 aromatic rings. The van der Waals surface area contributed by atoms with Gasteiger partial charge in [-0.15, -0.1) is 0 Å². The largest absolute Gasteiger partial charge is 0.352 e. The predicted molar refractivity (Wildman–Crippen MR) is 113 cm³/mol. The molecular formula is C22H29F2N5. The maximum absolute atomic E-state index is 13.7. The molecule has 2 aromatic carbocycles. The molecule has 0 atom stereocenters. The Kier molecular flexibility index (Phi) is 7.55. The van der Waals surface area contributed by atoms with Gasteiger partial charge in [-0.1, -0.05) is 24.3 Å². The Morgan fingerprint density at radius 3 is 2.28 bits per heavy atom. The van der Waals surface area contributed by atoms with Crippen molar-refractivity contribution in [3.63, 3.8) is 0 Å². The number of rotatable bonds is 6. The molecule has 0 bridgehead atoms. The molecule has 0 spiro atoms. The SMILES string of the molecule is CN=C(NCc1ccc(CN2CCN(C)CC2)cc1)NCc1cc(F)ccc1F. The van der Waals surface area contributed by atoms with Crippen LogP contribution in [0, 0.1) is 11.6 Å². The minimum absolute atomic E-state index is 0.160. The quantitative estimate of drug-likeness (QED) is 0.577. The van der Waals surface area contributed by atoms with Crippen LogP contribution in [0.4, 0.5) is 8.78 Å². The molecule has 156 valence electrons. The van der Waals surface area contributed by atoms with Gasteiger partial charge in [0.15, 0.2) is 5.96 Å². The van der Waals surface area contributed by atoms with Gasteiger partial charge >= 0.3 is 0 Å². The summed E-state index contributed by atoms with van der Waals surface area (Å²) >= 11 is 0. The lowest BCUT2D eigenvalue weighted by Gasteiger charge is -2.32. The fraction of sp³-hybridized carbons (Fsp3) is 0.409. The van der Waals surface area contributed by atoms with Gasteiger partial charge in [0.25, 0.3) is 0 Å². The van der Waals surface area contributed by atoms with Crippen LogP contribution in [0.1, 0.15) is 16.7 Å². The van der Waals surface area contributed by atoms with Crippen molar-refractivity contribution >= 4 is 5.96 Å². The van der Waals surface area contributed by atoms with Crippen molar-refractivity contribution in [2.24, 2.45) is 4.99 Å². The normalized spacial score (nSPS) is 16.1. The Hall–Kier alpha value is -2.51. The van der Waals surface area contributed by atoms with Crippen molar-refractivity contribution in [3.05, 3.63) is 70.8 Å². The van der Waals surface area contributed by atoms with E-state index in [1.165, 1.54) is 11.6 Å². The maximum Gasteiger partial charge on any atom is 0.191 e. The first kappa shape index (κ1) is 21.2. The molecule has 1 saturated heterocycles. The lowest BCUT2D eigenvalue weighted by atomic mass is 10.1. The summed E-state index contributed by atoms with van der Waals surface area (Å²) in [7, 11) is 3.81. The number of halogens is 2. The molecule has 7 heteroatoms. The third kappa shape index (κ3) is 6.51. The van der Waals surface area contributed by atoms with E-state index in [0.717, 1.165) is 50.4 Å². The van der Waals surface area contributed by atoms with Gasteiger partial charge in [0, 0.05) is 58.4 Å². The topological polar surface area (TPSA) is 42.9 Å². The summed E-state index contributed by atoms with van der Waals surface area (Å²) in [5.41, 5.74) is 2.70. The van der Waals surface area contributed by atoms with Crippen LogP contribution in [-0.2, 0) is 19.6 Å². The number of aliphatic imine (C=N–C) groups is 1. The van der Waals surface area contributed by atoms with Gasteiger partial charge in [-0.2, -0.15) is 0 Å². The van der Waals surface area contributed by atoms with Crippen LogP contribution < -0.4 is 10.6 Å². The predicted octanol–water partition coefficient (Wildman–Crippen LogP) is 2.58. The second-order valence-corrected chi connectivity index (χ2v) is 7.41. The molecule has 0 unspecified atom stereocenters. The number of guanidine groups is 1. The number of hydrogen-bond donors (Lipinski definition) is 2. The summed E-state index contributed by atoms with van der Waals surface area (Å²) in [4.78, 5) is 8.97. The van der Waals surface area contributed by atoms with Crippen LogP contribution in [0.15, 0.2) is 47.5 Å². The molecular weight excluding hydrogens is 372 g/mol. The van der Waals surface area contributed by atoms with Crippen molar-refractivity contribution in [2.45, 2.75) is 19.6 Å². The number of hydrogen-bond acceptors (Lipinski definition) is 3. The standard InChI is InChI=1S/C22H29F2N5/c1-25-22(27-15-19-13-20(23)7-8-21(19)24)26-14-17-3-5-18(6-4-17)16-29-11-9-28(2)10-12-29/h3-8,13H,9-12,14-16H2,1-2H3,(H2,25,26,27). The smallest absolute Gasteiger partial charge is 0.191 e. The molecule has 1 aliphatic rings. The van der Waals surface area contributed by atoms with Crippen LogP contribution in [0.2, 0.25) is 0 Å².